The monoisotopic (exact) mass is 660 g/mol. The van der Waals surface area contributed by atoms with Crippen LogP contribution in [-0.4, -0.2) is 46.1 Å². The molecular weight excluding hydrogens is 582 g/mol. The molecule has 0 spiro atoms. The summed E-state index contributed by atoms with van der Waals surface area (Å²) in [6.45, 7) is 4.10. The molecule has 0 radical (unpaired) electrons. The number of nitrogens with one attached hydrogen (secondary N) is 1. The van der Waals surface area contributed by atoms with Crippen LogP contribution in [-0.2, 0) is 4.79 Å². The fourth-order valence-electron chi connectivity index (χ4n) is 5.76. The first-order valence-electron chi connectivity index (χ1n) is 19.9. The number of carbonyl (C=O) groups excluding carboxylic acids is 1. The molecule has 0 aliphatic rings. The summed E-state index contributed by atoms with van der Waals surface area (Å²) in [5, 5.41) is 33.4. The molecule has 0 saturated heterocycles. The first kappa shape index (κ1) is 45.3. The van der Waals surface area contributed by atoms with E-state index in [4.69, 9.17) is 0 Å². The van der Waals surface area contributed by atoms with Crippen molar-refractivity contribution < 1.29 is 20.1 Å². The van der Waals surface area contributed by atoms with Gasteiger partial charge in [0.2, 0.25) is 5.91 Å². The molecule has 0 rings (SSSR count). The largest absolute Gasteiger partial charge is 0.394 e. The van der Waals surface area contributed by atoms with E-state index in [2.05, 4.69) is 67.8 Å². The molecule has 0 aliphatic carbocycles. The van der Waals surface area contributed by atoms with Gasteiger partial charge in [0, 0.05) is 6.42 Å². The van der Waals surface area contributed by atoms with Gasteiger partial charge in [-0.15, -0.1) is 0 Å². The van der Waals surface area contributed by atoms with Crippen LogP contribution in [0.25, 0.3) is 0 Å². The number of allylic oxidation sites excluding steroid dienone is 8. The van der Waals surface area contributed by atoms with E-state index in [0.29, 0.717) is 12.8 Å². The average molecular weight is 660 g/mol. The zero-order valence-electron chi connectivity index (χ0n) is 30.9. The maximum absolute atomic E-state index is 12.4. The summed E-state index contributed by atoms with van der Waals surface area (Å²) in [5.74, 6) is -0.165. The van der Waals surface area contributed by atoms with E-state index >= 15 is 0 Å². The lowest BCUT2D eigenvalue weighted by Crippen LogP contribution is -2.50. The van der Waals surface area contributed by atoms with Gasteiger partial charge >= 0.3 is 0 Å². The van der Waals surface area contributed by atoms with E-state index < -0.39 is 18.2 Å². The van der Waals surface area contributed by atoms with E-state index in [1.54, 1.807) is 0 Å². The molecule has 0 saturated carbocycles. The van der Waals surface area contributed by atoms with Gasteiger partial charge in [-0.2, -0.15) is 0 Å². The Morgan fingerprint density at radius 3 is 1.47 bits per heavy atom. The van der Waals surface area contributed by atoms with Crippen LogP contribution in [0, 0.1) is 0 Å². The summed E-state index contributed by atoms with van der Waals surface area (Å²) in [4.78, 5) is 12.4. The fraction of sp³-hybridized carbons (Fsp3) is 0.786. The fourth-order valence-corrected chi connectivity index (χ4v) is 5.76. The van der Waals surface area contributed by atoms with Crippen molar-refractivity contribution in [1.29, 1.82) is 0 Å². The summed E-state index contributed by atoms with van der Waals surface area (Å²) in [6.07, 6.45) is 46.3. The molecule has 1 amide bonds. The van der Waals surface area contributed by atoms with Crippen LogP contribution in [0.2, 0.25) is 0 Å². The number of unbranched alkanes of at least 4 members (excludes halogenated alkanes) is 20. The van der Waals surface area contributed by atoms with E-state index in [9.17, 15) is 20.1 Å². The minimum absolute atomic E-state index is 0.165. The highest BCUT2D eigenvalue weighted by atomic mass is 16.3. The second-order valence-corrected chi connectivity index (χ2v) is 13.5. The van der Waals surface area contributed by atoms with Gasteiger partial charge in [-0.05, 0) is 77.0 Å². The third kappa shape index (κ3) is 32.6. The SMILES string of the molecule is CCCCC/C=C\C=C/CCCCCCCCCCCCC(=O)NC(CO)C(O)C(O)CCC/C=C/CC/C=C/CCCCCCC. The number of aliphatic hydroxyl groups excluding tert-OH is 3. The second kappa shape index (κ2) is 37.1. The van der Waals surface area contributed by atoms with Crippen molar-refractivity contribution in [2.75, 3.05) is 6.61 Å². The van der Waals surface area contributed by atoms with E-state index in [0.717, 1.165) is 44.9 Å². The Kier molecular flexibility index (Phi) is 35.8. The maximum atomic E-state index is 12.4. The number of aliphatic hydroxyl groups is 3. The van der Waals surface area contributed by atoms with Crippen molar-refractivity contribution in [2.24, 2.45) is 0 Å². The molecule has 0 heterocycles. The standard InChI is InChI=1S/C42H77NO4/c1-3-5-7-9-11-13-15-17-19-20-21-22-23-25-27-29-31-33-35-37-41(46)43-39(38-44)42(47)40(45)36-34-32-30-28-26-24-18-16-14-12-10-8-6-4-2/h11,13,15-18,28,30,39-40,42,44-45,47H,3-10,12,14,19-27,29,31-38H2,1-2H3,(H,43,46)/b13-11-,17-15-,18-16+,30-28+. The number of hydrogen-bond acceptors (Lipinski definition) is 4. The first-order chi connectivity index (χ1) is 23.1. The molecule has 0 aromatic rings. The van der Waals surface area contributed by atoms with Gasteiger partial charge in [0.1, 0.15) is 6.10 Å². The molecule has 5 nitrogen and oxygen atoms in total. The predicted octanol–water partition coefficient (Wildman–Crippen LogP) is 11.0. The molecule has 0 aromatic heterocycles. The van der Waals surface area contributed by atoms with Crippen molar-refractivity contribution >= 4 is 5.91 Å². The Bertz CT molecular complexity index is 775. The van der Waals surface area contributed by atoms with Gasteiger partial charge in [-0.25, -0.2) is 0 Å². The van der Waals surface area contributed by atoms with E-state index in [1.165, 1.54) is 116 Å². The summed E-state index contributed by atoms with van der Waals surface area (Å²) in [7, 11) is 0. The maximum Gasteiger partial charge on any atom is 0.220 e. The predicted molar refractivity (Wildman–Crippen MR) is 204 cm³/mol. The summed E-state index contributed by atoms with van der Waals surface area (Å²) in [5.41, 5.74) is 0. The lowest BCUT2D eigenvalue weighted by molar-refractivity contribution is -0.124. The van der Waals surface area contributed by atoms with Gasteiger partial charge in [0.25, 0.3) is 0 Å². The summed E-state index contributed by atoms with van der Waals surface area (Å²) in [6, 6.07) is -0.834. The molecule has 0 fully saturated rings. The lowest BCUT2D eigenvalue weighted by Gasteiger charge is -2.26. The topological polar surface area (TPSA) is 89.8 Å². The van der Waals surface area contributed by atoms with Crippen LogP contribution in [0.5, 0.6) is 0 Å². The highest BCUT2D eigenvalue weighted by Crippen LogP contribution is 2.14. The summed E-state index contributed by atoms with van der Waals surface area (Å²) >= 11 is 0. The normalized spacial score (nSPS) is 14.2. The summed E-state index contributed by atoms with van der Waals surface area (Å²) < 4.78 is 0. The Morgan fingerprint density at radius 2 is 0.936 bits per heavy atom. The molecule has 3 unspecified atom stereocenters. The van der Waals surface area contributed by atoms with Crippen LogP contribution in [0.3, 0.4) is 0 Å². The molecule has 0 bridgehead atoms. The van der Waals surface area contributed by atoms with Crippen molar-refractivity contribution in [3.05, 3.63) is 48.6 Å². The zero-order valence-corrected chi connectivity index (χ0v) is 30.9. The smallest absolute Gasteiger partial charge is 0.220 e. The molecule has 3 atom stereocenters. The highest BCUT2D eigenvalue weighted by molar-refractivity contribution is 5.76. The van der Waals surface area contributed by atoms with E-state index in [-0.39, 0.29) is 12.5 Å². The quantitative estimate of drug-likeness (QED) is 0.0310. The van der Waals surface area contributed by atoms with E-state index in [1.807, 2.05) is 0 Å². The Balaban J connectivity index is 3.74. The van der Waals surface area contributed by atoms with Gasteiger partial charge in [-0.1, -0.05) is 152 Å². The molecular formula is C42H77NO4. The minimum Gasteiger partial charge on any atom is -0.394 e. The second-order valence-electron chi connectivity index (χ2n) is 13.5. The molecule has 47 heavy (non-hydrogen) atoms. The van der Waals surface area contributed by atoms with Crippen molar-refractivity contribution in [3.8, 4) is 0 Å². The Hall–Kier alpha value is -1.69. The molecule has 5 heteroatoms. The van der Waals surface area contributed by atoms with Gasteiger partial charge < -0.3 is 20.6 Å². The van der Waals surface area contributed by atoms with Crippen LogP contribution >= 0.6 is 0 Å². The van der Waals surface area contributed by atoms with Crippen molar-refractivity contribution in [3.63, 3.8) is 0 Å². The molecule has 0 aromatic carbocycles. The highest BCUT2D eigenvalue weighted by Gasteiger charge is 2.26. The lowest BCUT2D eigenvalue weighted by atomic mass is 10.0. The number of amides is 1. The average Bonchev–Trinajstić information content (AvgIpc) is 3.07. The van der Waals surface area contributed by atoms with Crippen molar-refractivity contribution in [1.82, 2.24) is 5.32 Å². The van der Waals surface area contributed by atoms with Crippen LogP contribution in [0.15, 0.2) is 48.6 Å². The van der Waals surface area contributed by atoms with Crippen molar-refractivity contribution in [2.45, 2.75) is 205 Å². The molecule has 0 aliphatic heterocycles. The van der Waals surface area contributed by atoms with Gasteiger partial charge in [0.15, 0.2) is 0 Å². The third-order valence-corrected chi connectivity index (χ3v) is 8.91. The zero-order chi connectivity index (χ0) is 34.5. The van der Waals surface area contributed by atoms with Crippen LogP contribution in [0.4, 0.5) is 0 Å². The van der Waals surface area contributed by atoms with Gasteiger partial charge in [0.05, 0.1) is 18.8 Å². The van der Waals surface area contributed by atoms with Crippen LogP contribution in [0.1, 0.15) is 187 Å². The first-order valence-corrected chi connectivity index (χ1v) is 19.9. The molecule has 4 N–H and O–H groups in total. The Labute approximate surface area is 291 Å². The number of carbonyl (C=O) groups is 1. The van der Waals surface area contributed by atoms with Gasteiger partial charge in [-0.3, -0.25) is 4.79 Å². The Morgan fingerprint density at radius 1 is 0.532 bits per heavy atom. The molecule has 274 valence electrons. The van der Waals surface area contributed by atoms with Crippen LogP contribution < -0.4 is 5.32 Å². The minimum atomic E-state index is -1.17. The number of rotatable bonds is 35. The third-order valence-electron chi connectivity index (χ3n) is 8.91. The number of hydrogen-bond donors (Lipinski definition) is 4.